The zero-order valence-electron chi connectivity index (χ0n) is 12.0. The van der Waals surface area contributed by atoms with Gasteiger partial charge >= 0.3 is 0 Å². The third-order valence-electron chi connectivity index (χ3n) is 4.01. The molecule has 1 aliphatic carbocycles. The van der Waals surface area contributed by atoms with E-state index in [0.717, 1.165) is 6.42 Å². The van der Waals surface area contributed by atoms with Gasteiger partial charge in [-0.3, -0.25) is 0 Å². The van der Waals surface area contributed by atoms with E-state index in [9.17, 15) is 0 Å². The molecule has 21 heavy (non-hydrogen) atoms. The molecule has 0 saturated heterocycles. The Labute approximate surface area is 128 Å². The van der Waals surface area contributed by atoms with Gasteiger partial charge in [0.25, 0.3) is 0 Å². The van der Waals surface area contributed by atoms with E-state index < -0.39 is 0 Å². The third kappa shape index (κ3) is 2.14. The van der Waals surface area contributed by atoms with Crippen LogP contribution in [0.4, 0.5) is 0 Å². The highest BCUT2D eigenvalue weighted by Gasteiger charge is 2.12. The van der Waals surface area contributed by atoms with Crippen molar-refractivity contribution in [2.45, 2.75) is 13.3 Å². The summed E-state index contributed by atoms with van der Waals surface area (Å²) < 4.78 is 2.78. The number of thiophene rings is 1. The lowest BCUT2D eigenvalue weighted by atomic mass is 9.97. The molecule has 3 aromatic rings. The van der Waals surface area contributed by atoms with Gasteiger partial charge in [0.2, 0.25) is 0 Å². The van der Waals surface area contributed by atoms with Gasteiger partial charge in [0.1, 0.15) is 0 Å². The van der Waals surface area contributed by atoms with E-state index in [0.29, 0.717) is 0 Å². The Bertz CT molecular complexity index is 919. The summed E-state index contributed by atoms with van der Waals surface area (Å²) in [4.78, 5) is 0. The van der Waals surface area contributed by atoms with Gasteiger partial charge in [0.15, 0.2) is 0 Å². The first-order chi connectivity index (χ1) is 10.3. The molecule has 1 aliphatic rings. The third-order valence-corrected chi connectivity index (χ3v) is 5.23. The molecule has 0 nitrogen and oxygen atoms in total. The van der Waals surface area contributed by atoms with Crippen molar-refractivity contribution in [1.82, 2.24) is 0 Å². The summed E-state index contributed by atoms with van der Waals surface area (Å²) >= 11 is 1.91. The molecule has 102 valence electrons. The summed E-state index contributed by atoms with van der Waals surface area (Å²) in [7, 11) is 0. The number of allylic oxidation sites excluding steroid dienone is 6. The minimum absolute atomic E-state index is 1.03. The van der Waals surface area contributed by atoms with Crippen molar-refractivity contribution >= 4 is 37.1 Å². The van der Waals surface area contributed by atoms with Crippen LogP contribution in [0.3, 0.4) is 0 Å². The second-order valence-electron chi connectivity index (χ2n) is 5.55. The number of hydrogen-bond donors (Lipinski definition) is 0. The van der Waals surface area contributed by atoms with Gasteiger partial charge in [-0.05, 0) is 30.5 Å². The van der Waals surface area contributed by atoms with Crippen LogP contribution in [0.5, 0.6) is 0 Å². The maximum Gasteiger partial charge on any atom is 0.0430 e. The lowest BCUT2D eigenvalue weighted by Crippen LogP contribution is -1.86. The average Bonchev–Trinajstić information content (AvgIpc) is 2.75. The fourth-order valence-electron chi connectivity index (χ4n) is 2.99. The van der Waals surface area contributed by atoms with Crippen LogP contribution in [0.15, 0.2) is 72.3 Å². The van der Waals surface area contributed by atoms with E-state index in [2.05, 4.69) is 73.7 Å². The van der Waals surface area contributed by atoms with Crippen LogP contribution in [0, 0.1) is 0 Å². The number of rotatable bonds is 1. The Morgan fingerprint density at radius 3 is 2.62 bits per heavy atom. The monoisotopic (exact) mass is 288 g/mol. The maximum absolute atomic E-state index is 2.26. The SMILES string of the molecule is CC1=CC=CC=C(c2cccc3c2sc2ccccc23)C1. The largest absolute Gasteiger partial charge is 0.135 e. The Kier molecular flexibility index (Phi) is 3.01. The summed E-state index contributed by atoms with van der Waals surface area (Å²) in [6, 6.07) is 15.4. The molecule has 0 N–H and O–H groups in total. The Balaban J connectivity index is 1.99. The molecule has 1 heteroatoms. The topological polar surface area (TPSA) is 0 Å². The molecule has 0 fully saturated rings. The van der Waals surface area contributed by atoms with E-state index in [1.54, 1.807) is 0 Å². The molecular formula is C20H16S. The molecule has 0 unspecified atom stereocenters. The average molecular weight is 288 g/mol. The minimum atomic E-state index is 1.03. The van der Waals surface area contributed by atoms with Crippen LogP contribution in [0.2, 0.25) is 0 Å². The van der Waals surface area contributed by atoms with Gasteiger partial charge in [0.05, 0.1) is 0 Å². The molecule has 0 atom stereocenters. The highest BCUT2D eigenvalue weighted by molar-refractivity contribution is 7.26. The fraction of sp³-hybridized carbons (Fsp3) is 0.100. The van der Waals surface area contributed by atoms with Crippen molar-refractivity contribution in [1.29, 1.82) is 0 Å². The molecule has 0 aliphatic heterocycles. The summed E-state index contributed by atoms with van der Waals surface area (Å²) in [6.45, 7) is 2.20. The minimum Gasteiger partial charge on any atom is -0.135 e. The van der Waals surface area contributed by atoms with Crippen molar-refractivity contribution in [3.05, 3.63) is 77.9 Å². The summed E-state index contributed by atoms with van der Waals surface area (Å²) in [5.74, 6) is 0. The van der Waals surface area contributed by atoms with Gasteiger partial charge < -0.3 is 0 Å². The normalized spacial score (nSPS) is 15.1. The predicted octanol–water partition coefficient (Wildman–Crippen LogP) is 6.34. The van der Waals surface area contributed by atoms with Crippen LogP contribution in [0.25, 0.3) is 25.7 Å². The van der Waals surface area contributed by atoms with Crippen molar-refractivity contribution in [2.75, 3.05) is 0 Å². The molecular weight excluding hydrogens is 272 g/mol. The van der Waals surface area contributed by atoms with Crippen molar-refractivity contribution in [2.24, 2.45) is 0 Å². The molecule has 2 aromatic carbocycles. The van der Waals surface area contributed by atoms with Crippen molar-refractivity contribution < 1.29 is 0 Å². The van der Waals surface area contributed by atoms with Crippen LogP contribution < -0.4 is 0 Å². The summed E-state index contributed by atoms with van der Waals surface area (Å²) in [6.07, 6.45) is 9.77. The highest BCUT2D eigenvalue weighted by atomic mass is 32.1. The first-order valence-electron chi connectivity index (χ1n) is 7.26. The zero-order valence-corrected chi connectivity index (χ0v) is 12.8. The summed E-state index contributed by atoms with van der Waals surface area (Å²) in [5.41, 5.74) is 4.20. The predicted molar refractivity (Wildman–Crippen MR) is 94.8 cm³/mol. The summed E-state index contributed by atoms with van der Waals surface area (Å²) in [5, 5.41) is 2.75. The van der Waals surface area contributed by atoms with Crippen LogP contribution in [0.1, 0.15) is 18.9 Å². The van der Waals surface area contributed by atoms with E-state index in [1.807, 2.05) is 11.3 Å². The van der Waals surface area contributed by atoms with Crippen molar-refractivity contribution in [3.63, 3.8) is 0 Å². The second-order valence-corrected chi connectivity index (χ2v) is 6.60. The Hall–Kier alpha value is -2.12. The lowest BCUT2D eigenvalue weighted by molar-refractivity contribution is 1.24. The van der Waals surface area contributed by atoms with E-state index >= 15 is 0 Å². The number of fused-ring (bicyclic) bond motifs is 3. The molecule has 0 radical (unpaired) electrons. The number of hydrogen-bond acceptors (Lipinski definition) is 1. The molecule has 4 rings (SSSR count). The molecule has 0 bridgehead atoms. The van der Waals surface area contributed by atoms with Crippen molar-refractivity contribution in [3.8, 4) is 0 Å². The molecule has 1 heterocycles. The quantitative estimate of drug-likeness (QED) is 0.490. The van der Waals surface area contributed by atoms with Gasteiger partial charge in [0, 0.05) is 20.2 Å². The van der Waals surface area contributed by atoms with Crippen LogP contribution in [-0.2, 0) is 0 Å². The smallest absolute Gasteiger partial charge is 0.0430 e. The Morgan fingerprint density at radius 2 is 1.67 bits per heavy atom. The molecule has 0 amide bonds. The molecule has 0 spiro atoms. The Morgan fingerprint density at radius 1 is 0.857 bits per heavy atom. The van der Waals surface area contributed by atoms with Crippen LogP contribution in [-0.4, -0.2) is 0 Å². The lowest BCUT2D eigenvalue weighted by Gasteiger charge is -2.08. The molecule has 0 saturated carbocycles. The van der Waals surface area contributed by atoms with E-state index in [-0.39, 0.29) is 0 Å². The number of benzene rings is 2. The van der Waals surface area contributed by atoms with Gasteiger partial charge in [-0.25, -0.2) is 0 Å². The first-order valence-corrected chi connectivity index (χ1v) is 8.08. The van der Waals surface area contributed by atoms with Gasteiger partial charge in [-0.2, -0.15) is 0 Å². The van der Waals surface area contributed by atoms with Crippen LogP contribution >= 0.6 is 11.3 Å². The fourth-order valence-corrected chi connectivity index (χ4v) is 4.25. The molecule has 1 aromatic heterocycles. The van der Waals surface area contributed by atoms with E-state index in [1.165, 1.54) is 36.9 Å². The van der Waals surface area contributed by atoms with Gasteiger partial charge in [-0.1, -0.05) is 66.3 Å². The zero-order chi connectivity index (χ0) is 14.2. The second kappa shape index (κ2) is 5.01. The van der Waals surface area contributed by atoms with E-state index in [4.69, 9.17) is 0 Å². The van der Waals surface area contributed by atoms with Gasteiger partial charge in [-0.15, -0.1) is 11.3 Å². The first kappa shape index (κ1) is 12.6. The maximum atomic E-state index is 2.26. The highest BCUT2D eigenvalue weighted by Crippen LogP contribution is 2.39. The standard InChI is InChI=1S/C20H16S/c1-14-7-2-3-8-15(13-14)16-10-6-11-18-17-9-4-5-12-19(17)21-20(16)18/h2-12H,13H2,1H3.